The van der Waals surface area contributed by atoms with E-state index in [1.807, 2.05) is 0 Å². The zero-order valence-corrected chi connectivity index (χ0v) is 11.2. The first-order chi connectivity index (χ1) is 9.38. The van der Waals surface area contributed by atoms with Crippen LogP contribution in [0.15, 0.2) is 60.7 Å². The molecule has 2 aromatic rings. The summed E-state index contributed by atoms with van der Waals surface area (Å²) in [5.41, 5.74) is 5.50. The van der Waals surface area contributed by atoms with Crippen LogP contribution in [0.5, 0.6) is 0 Å². The van der Waals surface area contributed by atoms with E-state index in [1.54, 1.807) is 7.11 Å². The van der Waals surface area contributed by atoms with Gasteiger partial charge in [-0.25, -0.2) is 0 Å². The van der Waals surface area contributed by atoms with E-state index in [0.29, 0.717) is 6.10 Å². The number of methoxy groups -OCH3 is 1. The highest BCUT2D eigenvalue weighted by Gasteiger charge is 2.25. The van der Waals surface area contributed by atoms with Crippen molar-refractivity contribution >= 4 is 11.1 Å². The molecule has 0 bridgehead atoms. The van der Waals surface area contributed by atoms with Crippen LogP contribution in [-0.2, 0) is 4.74 Å². The Morgan fingerprint density at radius 1 is 0.737 bits per heavy atom. The SMILES string of the molecule is COC1CC(c2ccccc2)=C(c2ccccc2)C1. The van der Waals surface area contributed by atoms with Crippen LogP contribution in [0.3, 0.4) is 0 Å². The minimum absolute atomic E-state index is 0.311. The van der Waals surface area contributed by atoms with Crippen molar-refractivity contribution in [3.05, 3.63) is 71.8 Å². The summed E-state index contributed by atoms with van der Waals surface area (Å²) in [4.78, 5) is 0. The molecule has 0 unspecified atom stereocenters. The fourth-order valence-electron chi connectivity index (χ4n) is 2.80. The van der Waals surface area contributed by atoms with Gasteiger partial charge < -0.3 is 4.74 Å². The number of hydrogen-bond acceptors (Lipinski definition) is 1. The van der Waals surface area contributed by atoms with E-state index in [-0.39, 0.29) is 0 Å². The average molecular weight is 250 g/mol. The monoisotopic (exact) mass is 250 g/mol. The molecule has 19 heavy (non-hydrogen) atoms. The van der Waals surface area contributed by atoms with Crippen LogP contribution in [0, 0.1) is 0 Å². The standard InChI is InChI=1S/C18H18O/c1-19-16-12-17(14-8-4-2-5-9-14)18(13-16)15-10-6-3-7-11-15/h2-11,16H,12-13H2,1H3. The third-order valence-electron chi connectivity index (χ3n) is 3.81. The molecule has 0 heterocycles. The van der Waals surface area contributed by atoms with Crippen molar-refractivity contribution in [2.45, 2.75) is 18.9 Å². The van der Waals surface area contributed by atoms with E-state index in [1.165, 1.54) is 22.3 Å². The van der Waals surface area contributed by atoms with Gasteiger partial charge in [-0.05, 0) is 35.1 Å². The minimum Gasteiger partial charge on any atom is -0.381 e. The molecule has 0 radical (unpaired) electrons. The van der Waals surface area contributed by atoms with Crippen molar-refractivity contribution in [1.82, 2.24) is 0 Å². The minimum atomic E-state index is 0.311. The third kappa shape index (κ3) is 2.47. The van der Waals surface area contributed by atoms with Gasteiger partial charge in [0.05, 0.1) is 6.10 Å². The van der Waals surface area contributed by atoms with Gasteiger partial charge in [-0.3, -0.25) is 0 Å². The first-order valence-corrected chi connectivity index (χ1v) is 6.74. The molecule has 1 aliphatic rings. The molecule has 1 aliphatic carbocycles. The van der Waals surface area contributed by atoms with Crippen molar-refractivity contribution < 1.29 is 4.74 Å². The van der Waals surface area contributed by atoms with Crippen molar-refractivity contribution in [3.8, 4) is 0 Å². The largest absolute Gasteiger partial charge is 0.381 e. The Balaban J connectivity index is 2.05. The molecule has 0 saturated carbocycles. The Morgan fingerprint density at radius 3 is 1.53 bits per heavy atom. The van der Waals surface area contributed by atoms with Crippen molar-refractivity contribution in [2.75, 3.05) is 7.11 Å². The fourth-order valence-corrected chi connectivity index (χ4v) is 2.80. The highest BCUT2D eigenvalue weighted by atomic mass is 16.5. The summed E-state index contributed by atoms with van der Waals surface area (Å²) in [6.07, 6.45) is 2.32. The van der Waals surface area contributed by atoms with Crippen LogP contribution in [0.1, 0.15) is 24.0 Å². The van der Waals surface area contributed by atoms with Gasteiger partial charge in [0.2, 0.25) is 0 Å². The van der Waals surface area contributed by atoms with E-state index in [9.17, 15) is 0 Å². The second kappa shape index (κ2) is 5.41. The molecule has 1 nitrogen and oxygen atoms in total. The average Bonchev–Trinajstić information content (AvgIpc) is 2.93. The van der Waals surface area contributed by atoms with Gasteiger partial charge in [0.1, 0.15) is 0 Å². The predicted molar refractivity (Wildman–Crippen MR) is 79.7 cm³/mol. The fraction of sp³-hybridized carbons (Fsp3) is 0.222. The second-order valence-electron chi connectivity index (χ2n) is 4.96. The molecule has 0 fully saturated rings. The summed E-state index contributed by atoms with van der Waals surface area (Å²) in [5.74, 6) is 0. The Labute approximate surface area is 114 Å². The molecule has 1 heteroatoms. The smallest absolute Gasteiger partial charge is 0.0652 e. The molecular formula is C18H18O. The molecule has 2 aromatic carbocycles. The molecule has 0 saturated heterocycles. The lowest BCUT2D eigenvalue weighted by Gasteiger charge is -2.07. The Bertz CT molecular complexity index is 518. The molecule has 0 aliphatic heterocycles. The molecule has 0 N–H and O–H groups in total. The Morgan fingerprint density at radius 2 is 1.16 bits per heavy atom. The Hall–Kier alpha value is -1.86. The maximum absolute atomic E-state index is 5.57. The van der Waals surface area contributed by atoms with E-state index in [4.69, 9.17) is 4.74 Å². The van der Waals surface area contributed by atoms with Crippen molar-refractivity contribution in [3.63, 3.8) is 0 Å². The van der Waals surface area contributed by atoms with E-state index in [2.05, 4.69) is 60.7 Å². The van der Waals surface area contributed by atoms with Gasteiger partial charge in [-0.2, -0.15) is 0 Å². The van der Waals surface area contributed by atoms with E-state index >= 15 is 0 Å². The maximum Gasteiger partial charge on any atom is 0.0652 e. The molecule has 96 valence electrons. The number of rotatable bonds is 3. The van der Waals surface area contributed by atoms with E-state index < -0.39 is 0 Å². The van der Waals surface area contributed by atoms with Crippen LogP contribution in [0.25, 0.3) is 11.1 Å². The third-order valence-corrected chi connectivity index (χ3v) is 3.81. The zero-order valence-electron chi connectivity index (χ0n) is 11.2. The summed E-state index contributed by atoms with van der Waals surface area (Å²) in [6, 6.07) is 21.3. The van der Waals surface area contributed by atoms with Gasteiger partial charge in [0.25, 0.3) is 0 Å². The van der Waals surface area contributed by atoms with Crippen LogP contribution >= 0.6 is 0 Å². The lowest BCUT2D eigenvalue weighted by atomic mass is 9.97. The second-order valence-corrected chi connectivity index (χ2v) is 4.96. The number of hydrogen-bond donors (Lipinski definition) is 0. The molecule has 3 rings (SSSR count). The van der Waals surface area contributed by atoms with Crippen LogP contribution in [0.4, 0.5) is 0 Å². The van der Waals surface area contributed by atoms with E-state index in [0.717, 1.165) is 12.8 Å². The van der Waals surface area contributed by atoms with Crippen LogP contribution in [-0.4, -0.2) is 13.2 Å². The molecule has 0 aromatic heterocycles. The summed E-state index contributed by atoms with van der Waals surface area (Å²) in [7, 11) is 1.81. The maximum atomic E-state index is 5.57. The van der Waals surface area contributed by atoms with Gasteiger partial charge in [0, 0.05) is 7.11 Å². The summed E-state index contributed by atoms with van der Waals surface area (Å²) >= 11 is 0. The quantitative estimate of drug-likeness (QED) is 0.784. The van der Waals surface area contributed by atoms with Crippen LogP contribution in [0.2, 0.25) is 0 Å². The topological polar surface area (TPSA) is 9.23 Å². The van der Waals surface area contributed by atoms with Crippen molar-refractivity contribution in [1.29, 1.82) is 0 Å². The normalized spacial score (nSPS) is 16.1. The van der Waals surface area contributed by atoms with Crippen molar-refractivity contribution in [2.24, 2.45) is 0 Å². The Kier molecular flexibility index (Phi) is 3.47. The van der Waals surface area contributed by atoms with Gasteiger partial charge in [-0.1, -0.05) is 60.7 Å². The molecule has 0 amide bonds. The first-order valence-electron chi connectivity index (χ1n) is 6.74. The van der Waals surface area contributed by atoms with Gasteiger partial charge >= 0.3 is 0 Å². The van der Waals surface area contributed by atoms with Crippen LogP contribution < -0.4 is 0 Å². The van der Waals surface area contributed by atoms with Gasteiger partial charge in [0.15, 0.2) is 0 Å². The first kappa shape index (κ1) is 12.2. The summed E-state index contributed by atoms with van der Waals surface area (Å²) < 4.78 is 5.57. The lowest BCUT2D eigenvalue weighted by molar-refractivity contribution is 0.116. The molecule has 0 spiro atoms. The number of ether oxygens (including phenoxy) is 1. The lowest BCUT2D eigenvalue weighted by Crippen LogP contribution is -2.04. The number of benzene rings is 2. The highest BCUT2D eigenvalue weighted by Crippen LogP contribution is 2.40. The highest BCUT2D eigenvalue weighted by molar-refractivity contribution is 5.93. The summed E-state index contributed by atoms with van der Waals surface area (Å²) in [5, 5.41) is 0. The molecule has 0 atom stereocenters. The zero-order chi connectivity index (χ0) is 13.1. The molecular weight excluding hydrogens is 232 g/mol. The summed E-state index contributed by atoms with van der Waals surface area (Å²) in [6.45, 7) is 0. The predicted octanol–water partition coefficient (Wildman–Crippen LogP) is 4.41. The van der Waals surface area contributed by atoms with Gasteiger partial charge in [-0.15, -0.1) is 0 Å².